The van der Waals surface area contributed by atoms with Gasteiger partial charge < -0.3 is 24.8 Å². The van der Waals surface area contributed by atoms with Gasteiger partial charge in [-0.05, 0) is 6.42 Å². The Labute approximate surface area is 221 Å². The molecular formula is C30H58O6. The maximum atomic E-state index is 12.1. The summed E-state index contributed by atoms with van der Waals surface area (Å²) < 4.78 is 10.6. The molecule has 1 heterocycles. The van der Waals surface area contributed by atoms with E-state index in [1.54, 1.807) is 0 Å². The van der Waals surface area contributed by atoms with Gasteiger partial charge >= 0.3 is 5.97 Å². The quantitative estimate of drug-likeness (QED) is 0.0936. The van der Waals surface area contributed by atoms with Crippen molar-refractivity contribution in [3.05, 3.63) is 0 Å². The molecule has 0 amide bonds. The summed E-state index contributed by atoms with van der Waals surface area (Å²) in [5, 5.41) is 28.7. The average molecular weight is 515 g/mol. The number of hydrogen-bond donors (Lipinski definition) is 3. The number of aliphatic hydroxyl groups is 3. The molecule has 0 aromatic carbocycles. The lowest BCUT2D eigenvalue weighted by molar-refractivity contribution is -0.160. The molecule has 1 fully saturated rings. The molecule has 0 unspecified atom stereocenters. The van der Waals surface area contributed by atoms with Gasteiger partial charge in [-0.3, -0.25) is 4.79 Å². The monoisotopic (exact) mass is 514 g/mol. The molecule has 36 heavy (non-hydrogen) atoms. The average Bonchev–Trinajstić information content (AvgIpc) is 3.24. The molecule has 1 saturated heterocycles. The van der Waals surface area contributed by atoms with E-state index in [4.69, 9.17) is 14.6 Å². The summed E-state index contributed by atoms with van der Waals surface area (Å²) in [7, 11) is 0. The van der Waals surface area contributed by atoms with Crippen LogP contribution in [0.25, 0.3) is 0 Å². The number of hydrogen-bond acceptors (Lipinski definition) is 6. The summed E-state index contributed by atoms with van der Waals surface area (Å²) in [4.78, 5) is 12.1. The molecule has 1 aliphatic rings. The first-order chi connectivity index (χ1) is 17.6. The smallest absolute Gasteiger partial charge is 0.306 e. The predicted octanol–water partition coefficient (Wildman–Crippen LogP) is 6.61. The topological polar surface area (TPSA) is 96.2 Å². The summed E-state index contributed by atoms with van der Waals surface area (Å²) in [6.07, 6.45) is 24.3. The van der Waals surface area contributed by atoms with Crippen LogP contribution in [0.1, 0.15) is 148 Å². The molecule has 214 valence electrons. The van der Waals surface area contributed by atoms with E-state index >= 15 is 0 Å². The van der Waals surface area contributed by atoms with Crippen molar-refractivity contribution in [2.24, 2.45) is 0 Å². The Morgan fingerprint density at radius 1 is 0.750 bits per heavy atom. The lowest BCUT2D eigenvalue weighted by Gasteiger charge is -2.23. The maximum absolute atomic E-state index is 12.1. The van der Waals surface area contributed by atoms with E-state index in [9.17, 15) is 15.0 Å². The summed E-state index contributed by atoms with van der Waals surface area (Å²) in [5.41, 5.74) is 0. The molecule has 1 rings (SSSR count). The van der Waals surface area contributed by atoms with Gasteiger partial charge in [0.1, 0.15) is 18.3 Å². The van der Waals surface area contributed by atoms with Crippen molar-refractivity contribution in [2.75, 3.05) is 13.2 Å². The molecule has 4 atom stereocenters. The number of ether oxygens (including phenoxy) is 2. The number of aliphatic hydroxyl groups excluding tert-OH is 3. The van der Waals surface area contributed by atoms with Crippen LogP contribution in [0.5, 0.6) is 0 Å². The SMILES string of the molecule is CCCCCCCCCCCCCCCCCCCCCCCC(=O)O[C@H]1[C@@H]([C@H](O)CO)OC[C@H]1O. The van der Waals surface area contributed by atoms with Crippen molar-refractivity contribution in [2.45, 2.75) is 173 Å². The van der Waals surface area contributed by atoms with Gasteiger partial charge in [-0.25, -0.2) is 0 Å². The van der Waals surface area contributed by atoms with Crippen LogP contribution >= 0.6 is 0 Å². The third-order valence-electron chi connectivity index (χ3n) is 7.48. The fourth-order valence-electron chi connectivity index (χ4n) is 5.11. The second-order valence-electron chi connectivity index (χ2n) is 10.9. The van der Waals surface area contributed by atoms with E-state index in [-0.39, 0.29) is 12.6 Å². The Morgan fingerprint density at radius 2 is 1.14 bits per heavy atom. The number of esters is 1. The Bertz CT molecular complexity index is 500. The molecule has 0 saturated carbocycles. The Morgan fingerprint density at radius 3 is 1.53 bits per heavy atom. The third-order valence-corrected chi connectivity index (χ3v) is 7.48. The Kier molecular flexibility index (Phi) is 21.7. The third kappa shape index (κ3) is 16.9. The lowest BCUT2D eigenvalue weighted by Crippen LogP contribution is -2.43. The number of carbonyl (C=O) groups excluding carboxylic acids is 1. The van der Waals surface area contributed by atoms with Crippen molar-refractivity contribution < 1.29 is 29.6 Å². The molecule has 1 aliphatic heterocycles. The molecule has 6 nitrogen and oxygen atoms in total. The zero-order valence-electron chi connectivity index (χ0n) is 23.3. The van der Waals surface area contributed by atoms with Gasteiger partial charge in [0.2, 0.25) is 0 Å². The summed E-state index contributed by atoms with van der Waals surface area (Å²) in [6.45, 7) is 1.78. The van der Waals surface area contributed by atoms with Gasteiger partial charge in [0.25, 0.3) is 0 Å². The predicted molar refractivity (Wildman–Crippen MR) is 146 cm³/mol. The Hall–Kier alpha value is -0.690. The van der Waals surface area contributed by atoms with E-state index in [0.29, 0.717) is 6.42 Å². The van der Waals surface area contributed by atoms with Gasteiger partial charge in [0, 0.05) is 6.42 Å². The highest BCUT2D eigenvalue weighted by Gasteiger charge is 2.42. The van der Waals surface area contributed by atoms with Crippen molar-refractivity contribution in [1.29, 1.82) is 0 Å². The highest BCUT2D eigenvalue weighted by molar-refractivity contribution is 5.69. The standard InChI is InChI=1S/C30H58O6/c1-2-3-4-5-6-7-8-9-10-11-12-13-14-15-16-17-18-19-20-21-22-23-28(34)36-30-27(33)25-35-29(30)26(32)24-31/h26-27,29-33H,2-25H2,1H3/t26-,27-,29-,30-/m1/s1. The van der Waals surface area contributed by atoms with Crippen LogP contribution in [0.15, 0.2) is 0 Å². The fourth-order valence-corrected chi connectivity index (χ4v) is 5.11. The first kappa shape index (κ1) is 33.3. The molecule has 0 aliphatic carbocycles. The summed E-state index contributed by atoms with van der Waals surface area (Å²) in [6, 6.07) is 0. The van der Waals surface area contributed by atoms with Crippen molar-refractivity contribution in [3.63, 3.8) is 0 Å². The zero-order valence-corrected chi connectivity index (χ0v) is 23.3. The van der Waals surface area contributed by atoms with Gasteiger partial charge in [-0.15, -0.1) is 0 Å². The first-order valence-electron chi connectivity index (χ1n) is 15.4. The van der Waals surface area contributed by atoms with E-state index < -0.39 is 31.0 Å². The molecule has 0 aromatic rings. The minimum Gasteiger partial charge on any atom is -0.457 e. The van der Waals surface area contributed by atoms with Gasteiger partial charge in [0.05, 0.1) is 13.2 Å². The molecule has 0 aromatic heterocycles. The van der Waals surface area contributed by atoms with Crippen LogP contribution < -0.4 is 0 Å². The molecular weight excluding hydrogens is 456 g/mol. The van der Waals surface area contributed by atoms with Crippen LogP contribution in [-0.2, 0) is 14.3 Å². The van der Waals surface area contributed by atoms with Gasteiger partial charge in [-0.1, -0.05) is 135 Å². The van der Waals surface area contributed by atoms with E-state index in [1.807, 2.05) is 0 Å². The lowest BCUT2D eigenvalue weighted by atomic mass is 10.0. The van der Waals surface area contributed by atoms with E-state index in [2.05, 4.69) is 6.92 Å². The van der Waals surface area contributed by atoms with Gasteiger partial charge in [-0.2, -0.15) is 0 Å². The maximum Gasteiger partial charge on any atom is 0.306 e. The van der Waals surface area contributed by atoms with E-state index in [1.165, 1.54) is 116 Å². The number of carbonyl (C=O) groups is 1. The van der Waals surface area contributed by atoms with Gasteiger partial charge in [0.15, 0.2) is 6.10 Å². The van der Waals surface area contributed by atoms with Crippen molar-refractivity contribution in [1.82, 2.24) is 0 Å². The molecule has 3 N–H and O–H groups in total. The van der Waals surface area contributed by atoms with Crippen LogP contribution in [0, 0.1) is 0 Å². The highest BCUT2D eigenvalue weighted by atomic mass is 16.6. The summed E-state index contributed by atoms with van der Waals surface area (Å²) >= 11 is 0. The largest absolute Gasteiger partial charge is 0.457 e. The van der Waals surface area contributed by atoms with Crippen LogP contribution in [0.2, 0.25) is 0 Å². The second-order valence-corrected chi connectivity index (χ2v) is 10.9. The summed E-state index contributed by atoms with van der Waals surface area (Å²) in [5.74, 6) is -0.377. The second kappa shape index (κ2) is 23.4. The minimum atomic E-state index is -1.16. The Balaban J connectivity index is 1.80. The zero-order chi connectivity index (χ0) is 26.3. The molecule has 0 spiro atoms. The van der Waals surface area contributed by atoms with Crippen molar-refractivity contribution in [3.8, 4) is 0 Å². The highest BCUT2D eigenvalue weighted by Crippen LogP contribution is 2.22. The molecule has 0 radical (unpaired) electrons. The molecule has 6 heteroatoms. The van der Waals surface area contributed by atoms with Crippen molar-refractivity contribution >= 4 is 5.97 Å². The minimum absolute atomic E-state index is 0.000962. The van der Waals surface area contributed by atoms with E-state index in [0.717, 1.165) is 19.3 Å². The molecule has 0 bridgehead atoms. The number of rotatable bonds is 25. The first-order valence-corrected chi connectivity index (χ1v) is 15.4. The normalized spacial score (nSPS) is 20.6. The van der Waals surface area contributed by atoms with Crippen LogP contribution in [0.4, 0.5) is 0 Å². The van der Waals surface area contributed by atoms with Crippen LogP contribution in [-0.4, -0.2) is 58.9 Å². The van der Waals surface area contributed by atoms with Crippen LogP contribution in [0.3, 0.4) is 0 Å². The number of unbranched alkanes of at least 4 members (excludes halogenated alkanes) is 20. The fraction of sp³-hybridized carbons (Fsp3) is 0.967.